The van der Waals surface area contributed by atoms with Gasteiger partial charge in [-0.25, -0.2) is 0 Å². The molecular formula is C23H23NO2. The van der Waals surface area contributed by atoms with Gasteiger partial charge in [-0.3, -0.25) is 4.79 Å². The van der Waals surface area contributed by atoms with Crippen LogP contribution in [0.3, 0.4) is 0 Å². The van der Waals surface area contributed by atoms with Crippen molar-refractivity contribution in [3.63, 3.8) is 0 Å². The Morgan fingerprint density at radius 3 is 2.23 bits per heavy atom. The molecule has 26 heavy (non-hydrogen) atoms. The Bertz CT molecular complexity index is 831. The van der Waals surface area contributed by atoms with E-state index in [0.717, 1.165) is 5.56 Å². The van der Waals surface area contributed by atoms with Gasteiger partial charge in [-0.15, -0.1) is 0 Å². The lowest BCUT2D eigenvalue weighted by Gasteiger charge is -2.15. The summed E-state index contributed by atoms with van der Waals surface area (Å²) in [6.45, 7) is 3.12. The molecular weight excluding hydrogens is 322 g/mol. The van der Waals surface area contributed by atoms with Crippen LogP contribution in [-0.4, -0.2) is 12.5 Å². The van der Waals surface area contributed by atoms with Crippen molar-refractivity contribution < 1.29 is 9.53 Å². The predicted molar refractivity (Wildman–Crippen MR) is 104 cm³/mol. The van der Waals surface area contributed by atoms with E-state index in [4.69, 9.17) is 4.74 Å². The van der Waals surface area contributed by atoms with Gasteiger partial charge in [0.25, 0.3) is 5.91 Å². The van der Waals surface area contributed by atoms with Gasteiger partial charge in [-0.2, -0.15) is 0 Å². The number of carbonyl (C=O) groups excluding carboxylic acids is 1. The molecule has 0 aliphatic carbocycles. The SMILES string of the molecule is C[C@H](CNC(=O)c1ccccc1OCc1ccccc1)c1ccccc1. The highest BCUT2D eigenvalue weighted by molar-refractivity contribution is 5.96. The van der Waals surface area contributed by atoms with Crippen molar-refractivity contribution in [2.75, 3.05) is 6.54 Å². The van der Waals surface area contributed by atoms with Gasteiger partial charge in [0.2, 0.25) is 0 Å². The Kier molecular flexibility index (Phi) is 6.05. The summed E-state index contributed by atoms with van der Waals surface area (Å²) in [5.41, 5.74) is 2.84. The first-order chi connectivity index (χ1) is 12.7. The van der Waals surface area contributed by atoms with Gasteiger partial charge in [-0.1, -0.05) is 79.7 Å². The van der Waals surface area contributed by atoms with Gasteiger partial charge in [0.05, 0.1) is 5.56 Å². The monoisotopic (exact) mass is 345 g/mol. The van der Waals surface area contributed by atoms with E-state index in [1.165, 1.54) is 5.56 Å². The fraction of sp³-hybridized carbons (Fsp3) is 0.174. The highest BCUT2D eigenvalue weighted by atomic mass is 16.5. The molecule has 0 fully saturated rings. The van der Waals surface area contributed by atoms with E-state index < -0.39 is 0 Å². The maximum atomic E-state index is 12.6. The molecule has 0 unspecified atom stereocenters. The molecule has 0 aromatic heterocycles. The van der Waals surface area contributed by atoms with Gasteiger partial charge in [0.1, 0.15) is 12.4 Å². The highest BCUT2D eigenvalue weighted by Crippen LogP contribution is 2.20. The smallest absolute Gasteiger partial charge is 0.255 e. The van der Waals surface area contributed by atoms with Crippen LogP contribution in [0, 0.1) is 0 Å². The van der Waals surface area contributed by atoms with Gasteiger partial charge in [-0.05, 0) is 29.2 Å². The van der Waals surface area contributed by atoms with Crippen molar-refractivity contribution in [2.45, 2.75) is 19.4 Å². The predicted octanol–water partition coefficient (Wildman–Crippen LogP) is 4.80. The van der Waals surface area contributed by atoms with Crippen LogP contribution in [0.15, 0.2) is 84.9 Å². The second-order valence-corrected chi connectivity index (χ2v) is 6.29. The molecule has 3 aromatic carbocycles. The Hall–Kier alpha value is -3.07. The number of hydrogen-bond donors (Lipinski definition) is 1. The molecule has 0 radical (unpaired) electrons. The molecule has 1 N–H and O–H groups in total. The standard InChI is InChI=1S/C23H23NO2/c1-18(20-12-6-3-7-13-20)16-24-23(25)21-14-8-9-15-22(21)26-17-19-10-4-2-5-11-19/h2-15,18H,16-17H2,1H3,(H,24,25)/t18-/m1/s1. The topological polar surface area (TPSA) is 38.3 Å². The van der Waals surface area contributed by atoms with E-state index in [0.29, 0.717) is 24.5 Å². The van der Waals surface area contributed by atoms with Crippen LogP contribution in [0.25, 0.3) is 0 Å². The largest absolute Gasteiger partial charge is 0.488 e. The molecule has 1 amide bonds. The number of para-hydroxylation sites is 1. The molecule has 3 rings (SSSR count). The lowest BCUT2D eigenvalue weighted by Crippen LogP contribution is -2.27. The summed E-state index contributed by atoms with van der Waals surface area (Å²) in [5.74, 6) is 0.732. The van der Waals surface area contributed by atoms with Gasteiger partial charge in [0.15, 0.2) is 0 Å². The van der Waals surface area contributed by atoms with Crippen LogP contribution in [-0.2, 0) is 6.61 Å². The third-order valence-corrected chi connectivity index (χ3v) is 4.31. The van der Waals surface area contributed by atoms with Crippen LogP contribution in [0.5, 0.6) is 5.75 Å². The van der Waals surface area contributed by atoms with Crippen molar-refractivity contribution in [2.24, 2.45) is 0 Å². The van der Waals surface area contributed by atoms with E-state index in [2.05, 4.69) is 24.4 Å². The zero-order valence-corrected chi connectivity index (χ0v) is 14.9. The number of rotatable bonds is 7. The summed E-state index contributed by atoms with van der Waals surface area (Å²) in [6.07, 6.45) is 0. The zero-order chi connectivity index (χ0) is 18.2. The minimum absolute atomic E-state index is 0.114. The number of nitrogens with one attached hydrogen (secondary N) is 1. The molecule has 3 aromatic rings. The van der Waals surface area contributed by atoms with Crippen molar-refractivity contribution in [3.8, 4) is 5.75 Å². The third kappa shape index (κ3) is 4.73. The lowest BCUT2D eigenvalue weighted by molar-refractivity contribution is 0.0947. The number of amides is 1. The van der Waals surface area contributed by atoms with Crippen molar-refractivity contribution in [1.29, 1.82) is 0 Å². The van der Waals surface area contributed by atoms with E-state index >= 15 is 0 Å². The van der Waals surface area contributed by atoms with Crippen molar-refractivity contribution in [3.05, 3.63) is 102 Å². The van der Waals surface area contributed by atoms with Crippen LogP contribution < -0.4 is 10.1 Å². The van der Waals surface area contributed by atoms with Crippen LogP contribution in [0.1, 0.15) is 34.3 Å². The van der Waals surface area contributed by atoms with E-state index in [9.17, 15) is 4.79 Å². The molecule has 1 atom stereocenters. The van der Waals surface area contributed by atoms with E-state index in [1.54, 1.807) is 6.07 Å². The molecule has 0 saturated carbocycles. The average Bonchev–Trinajstić information content (AvgIpc) is 2.72. The third-order valence-electron chi connectivity index (χ3n) is 4.31. The zero-order valence-electron chi connectivity index (χ0n) is 14.9. The molecule has 0 aliphatic heterocycles. The molecule has 3 nitrogen and oxygen atoms in total. The van der Waals surface area contributed by atoms with Crippen molar-refractivity contribution in [1.82, 2.24) is 5.32 Å². The first-order valence-electron chi connectivity index (χ1n) is 8.83. The molecule has 0 heterocycles. The van der Waals surface area contributed by atoms with Crippen LogP contribution in [0.2, 0.25) is 0 Å². The normalized spacial score (nSPS) is 11.6. The first-order valence-corrected chi connectivity index (χ1v) is 8.83. The quantitative estimate of drug-likeness (QED) is 0.668. The van der Waals surface area contributed by atoms with Gasteiger partial charge >= 0.3 is 0 Å². The molecule has 0 spiro atoms. The Morgan fingerprint density at radius 2 is 1.50 bits per heavy atom. The molecule has 0 saturated heterocycles. The van der Waals surface area contributed by atoms with Crippen molar-refractivity contribution >= 4 is 5.91 Å². The minimum atomic E-state index is -0.114. The number of benzene rings is 3. The Balaban J connectivity index is 1.62. The highest BCUT2D eigenvalue weighted by Gasteiger charge is 2.13. The first kappa shape index (κ1) is 17.7. The van der Waals surface area contributed by atoms with Gasteiger partial charge in [0, 0.05) is 6.54 Å². The number of carbonyl (C=O) groups is 1. The van der Waals surface area contributed by atoms with Crippen LogP contribution >= 0.6 is 0 Å². The Morgan fingerprint density at radius 1 is 0.885 bits per heavy atom. The van der Waals surface area contributed by atoms with Crippen LogP contribution in [0.4, 0.5) is 0 Å². The summed E-state index contributed by atoms with van der Waals surface area (Å²) in [7, 11) is 0. The number of ether oxygens (including phenoxy) is 1. The summed E-state index contributed by atoms with van der Waals surface area (Å²) in [6, 6.07) is 27.5. The lowest BCUT2D eigenvalue weighted by atomic mass is 10.0. The molecule has 0 bridgehead atoms. The summed E-state index contributed by atoms with van der Waals surface area (Å²) in [4.78, 5) is 12.6. The average molecular weight is 345 g/mol. The molecule has 3 heteroatoms. The Labute approximate surface area is 154 Å². The fourth-order valence-electron chi connectivity index (χ4n) is 2.76. The van der Waals surface area contributed by atoms with Gasteiger partial charge < -0.3 is 10.1 Å². The fourth-order valence-corrected chi connectivity index (χ4v) is 2.76. The minimum Gasteiger partial charge on any atom is -0.488 e. The number of hydrogen-bond acceptors (Lipinski definition) is 2. The summed E-state index contributed by atoms with van der Waals surface area (Å²) < 4.78 is 5.87. The molecule has 132 valence electrons. The van der Waals surface area contributed by atoms with E-state index in [1.807, 2.05) is 66.7 Å². The summed E-state index contributed by atoms with van der Waals surface area (Å²) in [5, 5.41) is 3.02. The maximum absolute atomic E-state index is 12.6. The maximum Gasteiger partial charge on any atom is 0.255 e. The second-order valence-electron chi connectivity index (χ2n) is 6.29. The summed E-state index contributed by atoms with van der Waals surface area (Å²) >= 11 is 0. The van der Waals surface area contributed by atoms with E-state index in [-0.39, 0.29) is 11.8 Å². The second kappa shape index (κ2) is 8.86. The molecule has 0 aliphatic rings.